The van der Waals surface area contributed by atoms with Gasteiger partial charge < -0.3 is 0 Å². The minimum Gasteiger partial charge on any atom is -0.266 e. The number of nitrogens with zero attached hydrogens (tertiary/aromatic N) is 1. The first kappa shape index (κ1) is 34.0. The van der Waals surface area contributed by atoms with Crippen LogP contribution in [-0.2, 0) is 0 Å². The molecule has 0 saturated heterocycles. The number of allylic oxidation sites excluding steroid dienone is 6. The van der Waals surface area contributed by atoms with Crippen LogP contribution in [0.4, 0.5) is 13.2 Å². The van der Waals surface area contributed by atoms with E-state index >= 15 is 0 Å². The molecule has 0 amide bonds. The Morgan fingerprint density at radius 2 is 1.48 bits per heavy atom. The van der Waals surface area contributed by atoms with Crippen LogP contribution in [0.1, 0.15) is 101 Å². The molecule has 1 nitrogen and oxygen atoms in total. The average Bonchev–Trinajstić information content (AvgIpc) is 2.74. The van der Waals surface area contributed by atoms with E-state index in [0.29, 0.717) is 24.3 Å². The van der Waals surface area contributed by atoms with Crippen LogP contribution in [0.15, 0.2) is 52.7 Å². The molecule has 0 rings (SSSR count). The number of rotatable bonds is 10. The fourth-order valence-corrected chi connectivity index (χ4v) is 2.44. The molecule has 2 unspecified atom stereocenters. The molecule has 0 aliphatic rings. The van der Waals surface area contributed by atoms with Gasteiger partial charge >= 0.3 is 6.18 Å². The highest BCUT2D eigenvalue weighted by atomic mass is 19.4. The molecule has 2 atom stereocenters. The largest absolute Gasteiger partial charge is 0.412 e. The summed E-state index contributed by atoms with van der Waals surface area (Å²) in [5.74, 6) is -0.190. The molecule has 182 valence electrons. The van der Waals surface area contributed by atoms with Gasteiger partial charge in [0.2, 0.25) is 0 Å². The Kier molecular flexibility index (Phi) is 22.3. The zero-order valence-electron chi connectivity index (χ0n) is 21.8. The van der Waals surface area contributed by atoms with Crippen LogP contribution in [-0.4, -0.2) is 11.9 Å². The van der Waals surface area contributed by atoms with E-state index < -0.39 is 17.7 Å². The van der Waals surface area contributed by atoms with Gasteiger partial charge in [-0.05, 0) is 56.9 Å². The lowest BCUT2D eigenvalue weighted by Gasteiger charge is -2.18. The van der Waals surface area contributed by atoms with Crippen molar-refractivity contribution in [2.45, 2.75) is 108 Å². The molecule has 0 aliphatic heterocycles. The van der Waals surface area contributed by atoms with Crippen molar-refractivity contribution in [2.24, 2.45) is 16.8 Å². The first-order chi connectivity index (χ1) is 14.5. The smallest absolute Gasteiger partial charge is 0.266 e. The van der Waals surface area contributed by atoms with Crippen LogP contribution >= 0.6 is 0 Å². The average molecular weight is 444 g/mol. The first-order valence-electron chi connectivity index (χ1n) is 11.8. The van der Waals surface area contributed by atoms with Crippen LogP contribution < -0.4 is 0 Å². The number of halogens is 3. The van der Waals surface area contributed by atoms with Gasteiger partial charge in [0.25, 0.3) is 0 Å². The second-order valence-electron chi connectivity index (χ2n) is 7.46. The van der Waals surface area contributed by atoms with Crippen molar-refractivity contribution >= 4 is 5.71 Å². The van der Waals surface area contributed by atoms with Crippen molar-refractivity contribution < 1.29 is 13.2 Å². The van der Waals surface area contributed by atoms with E-state index in [0.717, 1.165) is 18.4 Å². The lowest BCUT2D eigenvalue weighted by atomic mass is 9.92. The van der Waals surface area contributed by atoms with Gasteiger partial charge in [-0.1, -0.05) is 92.2 Å². The Hall–Kier alpha value is -1.58. The zero-order chi connectivity index (χ0) is 25.0. The van der Waals surface area contributed by atoms with E-state index in [1.54, 1.807) is 13.8 Å². The van der Waals surface area contributed by atoms with Gasteiger partial charge in [-0.2, -0.15) is 13.2 Å². The van der Waals surface area contributed by atoms with Crippen LogP contribution in [0.5, 0.6) is 0 Å². The maximum atomic E-state index is 13.1. The van der Waals surface area contributed by atoms with Gasteiger partial charge in [-0.15, -0.1) is 0 Å². The molecular formula is C27H48F3N. The molecule has 0 N–H and O–H groups in total. The maximum Gasteiger partial charge on any atom is 0.412 e. The summed E-state index contributed by atoms with van der Waals surface area (Å²) < 4.78 is 39.3. The number of aliphatic imine (C=N–C) groups is 1. The standard InChI is InChI=1S/C17H27F3.C8H15N.C2H6/c1-7-12(4)14(6)10-15(9-3)11-16(13(5)8-2)17(18,19)20;1-4-6-8(3)9-7-5-2;1-2/h10-13H,6-9H2,1-5H3;5,7H,4,6H2,1-3H3;1-2H3/b15-10-,16-11+;7-5-,9-8?;. The second kappa shape index (κ2) is 20.3. The molecular weight excluding hydrogens is 395 g/mol. The second-order valence-corrected chi connectivity index (χ2v) is 7.46. The summed E-state index contributed by atoms with van der Waals surface area (Å²) in [6.45, 7) is 23.5. The predicted molar refractivity (Wildman–Crippen MR) is 135 cm³/mol. The Morgan fingerprint density at radius 1 is 0.968 bits per heavy atom. The molecule has 0 saturated carbocycles. The lowest BCUT2D eigenvalue weighted by Crippen LogP contribution is -2.18. The molecule has 0 aliphatic carbocycles. The third kappa shape index (κ3) is 17.8. The Bertz CT molecular complexity index is 578. The summed E-state index contributed by atoms with van der Waals surface area (Å²) >= 11 is 0. The molecule has 0 heterocycles. The van der Waals surface area contributed by atoms with Crippen molar-refractivity contribution in [1.29, 1.82) is 0 Å². The van der Waals surface area contributed by atoms with E-state index in [4.69, 9.17) is 0 Å². The quantitative estimate of drug-likeness (QED) is 0.235. The Morgan fingerprint density at radius 3 is 1.84 bits per heavy atom. The van der Waals surface area contributed by atoms with Gasteiger partial charge in [0.05, 0.1) is 0 Å². The summed E-state index contributed by atoms with van der Waals surface area (Å²) in [6.07, 6.45) is 6.93. The van der Waals surface area contributed by atoms with E-state index in [9.17, 15) is 13.2 Å². The van der Waals surface area contributed by atoms with Crippen molar-refractivity contribution in [1.82, 2.24) is 0 Å². The molecule has 0 aromatic rings. The summed E-state index contributed by atoms with van der Waals surface area (Å²) in [5, 5.41) is 0. The number of hydrogen-bond donors (Lipinski definition) is 0. The molecule has 0 aromatic heterocycles. The predicted octanol–water partition coefficient (Wildman–Crippen LogP) is 10.3. The van der Waals surface area contributed by atoms with Crippen molar-refractivity contribution in [3.05, 3.63) is 47.7 Å². The van der Waals surface area contributed by atoms with E-state index in [-0.39, 0.29) is 0 Å². The van der Waals surface area contributed by atoms with Crippen LogP contribution in [0.2, 0.25) is 0 Å². The monoisotopic (exact) mass is 443 g/mol. The summed E-state index contributed by atoms with van der Waals surface area (Å²) in [7, 11) is 0. The zero-order valence-corrected chi connectivity index (χ0v) is 21.8. The molecule has 31 heavy (non-hydrogen) atoms. The molecule has 0 radical (unpaired) electrons. The molecule has 4 heteroatoms. The van der Waals surface area contributed by atoms with E-state index in [1.807, 2.05) is 59.9 Å². The molecule has 0 bridgehead atoms. The minimum absolute atomic E-state index is 0.294. The van der Waals surface area contributed by atoms with Crippen LogP contribution in [0, 0.1) is 11.8 Å². The fourth-order valence-electron chi connectivity index (χ4n) is 2.44. The molecule has 0 aromatic carbocycles. The topological polar surface area (TPSA) is 12.4 Å². The van der Waals surface area contributed by atoms with Gasteiger partial charge in [0.1, 0.15) is 0 Å². The molecule has 0 fully saturated rings. The van der Waals surface area contributed by atoms with Crippen LogP contribution in [0.25, 0.3) is 0 Å². The number of hydrogen-bond acceptors (Lipinski definition) is 1. The maximum absolute atomic E-state index is 13.1. The van der Waals surface area contributed by atoms with Crippen molar-refractivity contribution in [3.63, 3.8) is 0 Å². The Balaban J connectivity index is -0.000000595. The SMILES string of the molecule is C/C=C\N=C(C)CCC.C=C(/C=C(\C=C(/C(C)CC)C(F)(F)F)CC)C(C)CC.CC. The van der Waals surface area contributed by atoms with E-state index in [2.05, 4.69) is 25.4 Å². The fraction of sp³-hybridized carbons (Fsp3) is 0.667. The molecule has 0 spiro atoms. The summed E-state index contributed by atoms with van der Waals surface area (Å²) in [6, 6.07) is 0. The van der Waals surface area contributed by atoms with Crippen molar-refractivity contribution in [3.8, 4) is 0 Å². The highest BCUT2D eigenvalue weighted by Gasteiger charge is 2.36. The van der Waals surface area contributed by atoms with Gasteiger partial charge in [0, 0.05) is 17.5 Å². The normalized spacial score (nSPS) is 14.9. The van der Waals surface area contributed by atoms with Gasteiger partial charge in [0.15, 0.2) is 0 Å². The van der Waals surface area contributed by atoms with Gasteiger partial charge in [-0.25, -0.2) is 0 Å². The van der Waals surface area contributed by atoms with Crippen LogP contribution in [0.3, 0.4) is 0 Å². The Labute approximate surface area is 191 Å². The van der Waals surface area contributed by atoms with Gasteiger partial charge in [-0.3, -0.25) is 4.99 Å². The first-order valence-corrected chi connectivity index (χ1v) is 11.8. The summed E-state index contributed by atoms with van der Waals surface area (Å²) in [4.78, 5) is 4.17. The van der Waals surface area contributed by atoms with E-state index in [1.165, 1.54) is 18.2 Å². The third-order valence-electron chi connectivity index (χ3n) is 4.89. The number of alkyl halides is 3. The highest BCUT2D eigenvalue weighted by Crippen LogP contribution is 2.34. The third-order valence-corrected chi connectivity index (χ3v) is 4.89. The van der Waals surface area contributed by atoms with Crippen molar-refractivity contribution in [2.75, 3.05) is 0 Å². The summed E-state index contributed by atoms with van der Waals surface area (Å²) in [5.41, 5.74) is 2.37. The lowest BCUT2D eigenvalue weighted by molar-refractivity contribution is -0.0985. The minimum atomic E-state index is -4.26. The highest BCUT2D eigenvalue weighted by molar-refractivity contribution is 5.82.